The molecule has 2 aromatic carbocycles. The molecule has 0 bridgehead atoms. The Labute approximate surface area is 180 Å². The first-order valence-corrected chi connectivity index (χ1v) is 11.0. The van der Waals surface area contributed by atoms with Crippen LogP contribution in [0.15, 0.2) is 71.3 Å². The normalized spacial score (nSPS) is 17.3. The predicted octanol–water partition coefficient (Wildman–Crippen LogP) is 2.93. The summed E-state index contributed by atoms with van der Waals surface area (Å²) in [5.74, 6) is 1.23. The minimum atomic E-state index is -0.488. The number of thioether (sulfide) groups is 1. The third kappa shape index (κ3) is 3.98. The van der Waals surface area contributed by atoms with E-state index in [1.807, 2.05) is 48.5 Å². The fourth-order valence-electron chi connectivity index (χ4n) is 3.38. The van der Waals surface area contributed by atoms with Crippen molar-refractivity contribution in [2.45, 2.75) is 25.9 Å². The topological polar surface area (TPSA) is 66.3 Å². The molecule has 0 saturated heterocycles. The maximum atomic E-state index is 13.1. The van der Waals surface area contributed by atoms with Gasteiger partial charge in [-0.25, -0.2) is 5.01 Å². The number of carbonyl (C=O) groups is 1. The van der Waals surface area contributed by atoms with E-state index in [0.717, 1.165) is 34.7 Å². The molecule has 0 aliphatic carbocycles. The van der Waals surface area contributed by atoms with Crippen LogP contribution in [0.25, 0.3) is 5.70 Å². The standard InChI is InChI=1S/C23H24N4O2S/c1-3-5-14-29-19-13-9-7-11-17(19)21-24-18-12-8-6-10-16(18)20-22(28)25-23(26-27(20)21)30-15-4-2/h4,6-13,21H,2-3,5,14-15H2,1H3,(H,25,26,28)/t21-/m1/s1. The summed E-state index contributed by atoms with van der Waals surface area (Å²) in [6.45, 7) is 6.51. The quantitative estimate of drug-likeness (QED) is 0.553. The van der Waals surface area contributed by atoms with Crippen LogP contribution < -0.4 is 20.6 Å². The minimum Gasteiger partial charge on any atom is -0.493 e. The Hall–Kier alpha value is -3.06. The van der Waals surface area contributed by atoms with Crippen LogP contribution in [0.1, 0.15) is 31.5 Å². The highest BCUT2D eigenvalue weighted by molar-refractivity contribution is 8.14. The summed E-state index contributed by atoms with van der Waals surface area (Å²) >= 11 is 1.43. The highest BCUT2D eigenvalue weighted by Crippen LogP contribution is 2.35. The molecule has 6 nitrogen and oxygen atoms in total. The molecule has 1 amide bonds. The first kappa shape index (κ1) is 20.2. The molecule has 0 radical (unpaired) electrons. The number of amidine groups is 1. The van der Waals surface area contributed by atoms with E-state index in [1.165, 1.54) is 11.8 Å². The molecule has 0 saturated carbocycles. The van der Waals surface area contributed by atoms with Gasteiger partial charge in [-0.15, -0.1) is 11.7 Å². The number of hydrazone groups is 1. The lowest BCUT2D eigenvalue weighted by molar-refractivity contribution is -0.116. The molecule has 2 heterocycles. The molecule has 154 valence electrons. The van der Waals surface area contributed by atoms with E-state index in [2.05, 4.69) is 18.8 Å². The molecule has 30 heavy (non-hydrogen) atoms. The van der Waals surface area contributed by atoms with Gasteiger partial charge in [-0.3, -0.25) is 15.1 Å². The molecular formula is C23H24N4O2S. The van der Waals surface area contributed by atoms with E-state index in [0.29, 0.717) is 23.2 Å². The lowest BCUT2D eigenvalue weighted by Crippen LogP contribution is -2.50. The largest absolute Gasteiger partial charge is 0.493 e. The third-order valence-electron chi connectivity index (χ3n) is 4.81. The predicted molar refractivity (Wildman–Crippen MR) is 120 cm³/mol. The third-order valence-corrected chi connectivity index (χ3v) is 5.67. The van der Waals surface area contributed by atoms with Crippen molar-refractivity contribution in [2.24, 2.45) is 10.1 Å². The van der Waals surface area contributed by atoms with E-state index >= 15 is 0 Å². The van der Waals surface area contributed by atoms with Crippen LogP contribution in [0.3, 0.4) is 0 Å². The molecular weight excluding hydrogens is 396 g/mol. The first-order valence-electron chi connectivity index (χ1n) is 10.0. The van der Waals surface area contributed by atoms with Crippen molar-refractivity contribution < 1.29 is 9.53 Å². The zero-order valence-corrected chi connectivity index (χ0v) is 17.7. The molecule has 0 spiro atoms. The second kappa shape index (κ2) is 9.17. The maximum absolute atomic E-state index is 13.1. The van der Waals surface area contributed by atoms with Crippen LogP contribution in [0, 0.1) is 0 Å². The molecule has 2 aromatic rings. The molecule has 2 aliphatic rings. The van der Waals surface area contributed by atoms with Gasteiger partial charge in [-0.1, -0.05) is 67.6 Å². The molecule has 7 heteroatoms. The Morgan fingerprint density at radius 3 is 2.87 bits per heavy atom. The number of ether oxygens (including phenoxy) is 1. The summed E-state index contributed by atoms with van der Waals surface area (Å²) in [6, 6.07) is 15.5. The van der Waals surface area contributed by atoms with Gasteiger partial charge in [-0.05, 0) is 18.6 Å². The second-order valence-corrected chi connectivity index (χ2v) is 7.92. The molecule has 4 rings (SSSR count). The Morgan fingerprint density at radius 2 is 2.03 bits per heavy atom. The number of nitrogens with one attached hydrogen (secondary N) is 1. The summed E-state index contributed by atoms with van der Waals surface area (Å²) in [6.07, 6.45) is 3.33. The molecule has 0 aromatic heterocycles. The Bertz CT molecular complexity index is 1110. The zero-order valence-electron chi connectivity index (χ0n) is 16.9. The first-order chi connectivity index (χ1) is 14.7. The summed E-state index contributed by atoms with van der Waals surface area (Å²) in [5, 5.41) is 11.4. The number of amides is 1. The number of benzene rings is 2. The van der Waals surface area contributed by atoms with Gasteiger partial charge in [0.25, 0.3) is 5.91 Å². The zero-order chi connectivity index (χ0) is 20.9. The number of fused-ring (bicyclic) bond motifs is 2. The van der Waals surface area contributed by atoms with Crippen LogP contribution in [0.5, 0.6) is 5.75 Å². The fraction of sp³-hybridized carbons (Fsp3) is 0.261. The number of para-hydroxylation sites is 2. The van der Waals surface area contributed by atoms with E-state index in [4.69, 9.17) is 14.8 Å². The monoisotopic (exact) mass is 420 g/mol. The van der Waals surface area contributed by atoms with Crippen molar-refractivity contribution in [3.8, 4) is 5.75 Å². The van der Waals surface area contributed by atoms with Gasteiger partial charge >= 0.3 is 0 Å². The highest BCUT2D eigenvalue weighted by Gasteiger charge is 2.35. The Morgan fingerprint density at radius 1 is 1.23 bits per heavy atom. The van der Waals surface area contributed by atoms with Gasteiger partial charge in [0.1, 0.15) is 11.4 Å². The van der Waals surface area contributed by atoms with Crippen molar-refractivity contribution in [3.05, 3.63) is 77.3 Å². The summed E-state index contributed by atoms with van der Waals surface area (Å²) in [4.78, 5) is 18.0. The number of rotatable bonds is 7. The maximum Gasteiger partial charge on any atom is 0.276 e. The molecule has 1 N–H and O–H groups in total. The van der Waals surface area contributed by atoms with Crippen LogP contribution >= 0.6 is 11.8 Å². The summed E-state index contributed by atoms with van der Waals surface area (Å²) < 4.78 is 6.05. The number of hydrogen-bond donors (Lipinski definition) is 1. The van der Waals surface area contributed by atoms with Crippen molar-refractivity contribution in [2.75, 3.05) is 12.4 Å². The van der Waals surface area contributed by atoms with Gasteiger partial charge in [-0.2, -0.15) is 0 Å². The van der Waals surface area contributed by atoms with Gasteiger partial charge in [0.15, 0.2) is 11.3 Å². The van der Waals surface area contributed by atoms with E-state index in [9.17, 15) is 4.79 Å². The number of carbonyl (C=O) groups excluding carboxylic acids is 1. The SMILES string of the molecule is C=CCSC1=NN2C(=c3ccccc3=N[C@H]2c2ccccc2OCCCC)C(=O)N1. The van der Waals surface area contributed by atoms with Crippen molar-refractivity contribution in [1.82, 2.24) is 10.3 Å². The van der Waals surface area contributed by atoms with Gasteiger partial charge in [0.05, 0.1) is 12.0 Å². The van der Waals surface area contributed by atoms with Crippen molar-refractivity contribution in [1.29, 1.82) is 0 Å². The van der Waals surface area contributed by atoms with Gasteiger partial charge in [0, 0.05) is 16.5 Å². The van der Waals surface area contributed by atoms with E-state index in [-0.39, 0.29) is 5.91 Å². The van der Waals surface area contributed by atoms with Crippen LogP contribution in [-0.2, 0) is 4.79 Å². The lowest BCUT2D eigenvalue weighted by Gasteiger charge is -2.34. The second-order valence-electron chi connectivity index (χ2n) is 6.91. The van der Waals surface area contributed by atoms with E-state index < -0.39 is 6.17 Å². The summed E-state index contributed by atoms with van der Waals surface area (Å²) in [7, 11) is 0. The fourth-order valence-corrected chi connectivity index (χ4v) is 3.97. The highest BCUT2D eigenvalue weighted by atomic mass is 32.2. The molecule has 0 fully saturated rings. The molecule has 0 unspecified atom stereocenters. The average Bonchev–Trinajstić information content (AvgIpc) is 2.77. The van der Waals surface area contributed by atoms with Gasteiger partial charge in [0.2, 0.25) is 0 Å². The minimum absolute atomic E-state index is 0.187. The summed E-state index contributed by atoms with van der Waals surface area (Å²) in [5.41, 5.74) is 1.38. The number of hydrogen-bond acceptors (Lipinski definition) is 6. The number of nitrogens with zero attached hydrogens (tertiary/aromatic N) is 3. The Kier molecular flexibility index (Phi) is 6.18. The smallest absolute Gasteiger partial charge is 0.276 e. The van der Waals surface area contributed by atoms with Crippen LogP contribution in [-0.4, -0.2) is 28.4 Å². The van der Waals surface area contributed by atoms with Crippen molar-refractivity contribution in [3.63, 3.8) is 0 Å². The van der Waals surface area contributed by atoms with Gasteiger partial charge < -0.3 is 4.74 Å². The van der Waals surface area contributed by atoms with E-state index in [1.54, 1.807) is 11.1 Å². The molecule has 2 aliphatic heterocycles. The van der Waals surface area contributed by atoms with Crippen LogP contribution in [0.4, 0.5) is 0 Å². The Balaban J connectivity index is 1.84. The lowest BCUT2D eigenvalue weighted by atomic mass is 10.1. The average molecular weight is 421 g/mol. The molecule has 1 atom stereocenters. The van der Waals surface area contributed by atoms with Crippen LogP contribution in [0.2, 0.25) is 0 Å². The van der Waals surface area contributed by atoms with Crippen molar-refractivity contribution >= 4 is 28.5 Å². The number of unbranched alkanes of at least 4 members (excludes halogenated alkanes) is 1.